The molecule has 156 valence electrons. The number of hydrogen-bond donors (Lipinski definition) is 1. The van der Waals surface area contributed by atoms with E-state index in [1.807, 2.05) is 19.9 Å². The minimum absolute atomic E-state index is 0.0447. The van der Waals surface area contributed by atoms with Crippen molar-refractivity contribution in [2.24, 2.45) is 17.3 Å². The first kappa shape index (κ1) is 22.1. The second-order valence-electron chi connectivity index (χ2n) is 7.97. The summed E-state index contributed by atoms with van der Waals surface area (Å²) in [6.07, 6.45) is 1.58. The van der Waals surface area contributed by atoms with Crippen LogP contribution in [0.2, 0.25) is 0 Å². The van der Waals surface area contributed by atoms with E-state index in [2.05, 4.69) is 0 Å². The molecule has 1 heterocycles. The number of nitriles is 1. The Balaban J connectivity index is 2.13. The van der Waals surface area contributed by atoms with Crippen molar-refractivity contribution < 1.29 is 14.3 Å². The zero-order valence-electron chi connectivity index (χ0n) is 16.5. The van der Waals surface area contributed by atoms with Crippen molar-refractivity contribution in [2.45, 2.75) is 27.3 Å². The predicted molar refractivity (Wildman–Crippen MR) is 112 cm³/mol. The van der Waals surface area contributed by atoms with Crippen molar-refractivity contribution in [2.75, 3.05) is 0 Å². The number of hydrogen-bond acceptors (Lipinski definition) is 4. The van der Waals surface area contributed by atoms with Gasteiger partial charge in [-0.2, -0.15) is 5.26 Å². The lowest BCUT2D eigenvalue weighted by Gasteiger charge is -2.16. The number of pyridine rings is 1. The van der Waals surface area contributed by atoms with Gasteiger partial charge in [-0.3, -0.25) is 14.2 Å². The van der Waals surface area contributed by atoms with Gasteiger partial charge < -0.3 is 5.11 Å². The van der Waals surface area contributed by atoms with Crippen LogP contribution in [0.5, 0.6) is 5.88 Å². The van der Waals surface area contributed by atoms with Crippen LogP contribution >= 0.6 is 23.2 Å². The number of benzene rings is 1. The van der Waals surface area contributed by atoms with Gasteiger partial charge in [-0.25, -0.2) is 4.39 Å². The molecule has 1 aliphatic rings. The Hall–Kier alpha value is -2.62. The summed E-state index contributed by atoms with van der Waals surface area (Å²) in [5.74, 6) is -2.11. The molecule has 0 aliphatic heterocycles. The number of carbonyl (C=O) groups is 1. The lowest BCUT2D eigenvalue weighted by atomic mass is 9.96. The van der Waals surface area contributed by atoms with E-state index >= 15 is 0 Å². The third-order valence-corrected chi connectivity index (χ3v) is 6.05. The number of ketones is 1. The van der Waals surface area contributed by atoms with E-state index in [1.165, 1.54) is 31.2 Å². The van der Waals surface area contributed by atoms with Crippen LogP contribution in [0.4, 0.5) is 4.39 Å². The largest absolute Gasteiger partial charge is 0.494 e. The second kappa shape index (κ2) is 7.90. The molecule has 5 nitrogen and oxygen atoms in total. The Morgan fingerprint density at radius 1 is 1.33 bits per heavy atom. The summed E-state index contributed by atoms with van der Waals surface area (Å²) in [5.41, 5.74) is -0.810. The number of Topliss-reactive ketones (excluding diaryl/α,β-unsaturated/α-hetero) is 1. The fourth-order valence-corrected chi connectivity index (χ4v) is 4.22. The quantitative estimate of drug-likeness (QED) is 0.672. The Morgan fingerprint density at radius 3 is 2.47 bits per heavy atom. The molecule has 0 bridgehead atoms. The van der Waals surface area contributed by atoms with Gasteiger partial charge in [0.1, 0.15) is 21.9 Å². The highest BCUT2D eigenvalue weighted by Gasteiger charge is 2.61. The van der Waals surface area contributed by atoms with Crippen LogP contribution < -0.4 is 5.56 Å². The number of aromatic nitrogens is 1. The van der Waals surface area contributed by atoms with Crippen LogP contribution in [0.25, 0.3) is 0 Å². The standard InChI is InChI=1S/C22H19Cl2FN2O3/c1-11-14(9-26)20(29)27(10-12-4-6-13(25)7-5-12)21(30)17(11)19(28)18-15(8-16(23)24)22(18,2)3/h4-8,15,18,30H,10H2,1-3H3. The number of nitrogens with zero attached hydrogens (tertiary/aromatic N) is 2. The molecule has 1 aromatic carbocycles. The predicted octanol–water partition coefficient (Wildman–Crippen LogP) is 4.70. The van der Waals surface area contributed by atoms with Gasteiger partial charge in [0.2, 0.25) is 5.88 Å². The summed E-state index contributed by atoms with van der Waals surface area (Å²) < 4.78 is 14.2. The third kappa shape index (κ3) is 3.76. The summed E-state index contributed by atoms with van der Waals surface area (Å²) in [6, 6.07) is 7.20. The molecule has 2 atom stereocenters. The lowest BCUT2D eigenvalue weighted by molar-refractivity contribution is 0.0946. The van der Waals surface area contributed by atoms with E-state index in [1.54, 1.807) is 6.08 Å². The third-order valence-electron chi connectivity index (χ3n) is 5.80. The van der Waals surface area contributed by atoms with Crippen LogP contribution in [0.3, 0.4) is 0 Å². The van der Waals surface area contributed by atoms with Crippen molar-refractivity contribution in [3.8, 4) is 11.9 Å². The van der Waals surface area contributed by atoms with Gasteiger partial charge in [0.15, 0.2) is 5.78 Å². The minimum atomic E-state index is -0.719. The van der Waals surface area contributed by atoms with E-state index in [0.717, 1.165) is 4.57 Å². The molecule has 0 spiro atoms. The highest BCUT2D eigenvalue weighted by Crippen LogP contribution is 2.61. The smallest absolute Gasteiger partial charge is 0.271 e. The molecule has 2 aromatic rings. The molecule has 0 radical (unpaired) electrons. The number of aromatic hydroxyl groups is 1. The second-order valence-corrected chi connectivity index (χ2v) is 8.98. The maximum Gasteiger partial charge on any atom is 0.271 e. The number of allylic oxidation sites excluding steroid dienone is 1. The molecular formula is C22H19Cl2FN2O3. The summed E-state index contributed by atoms with van der Waals surface area (Å²) >= 11 is 11.5. The van der Waals surface area contributed by atoms with Gasteiger partial charge in [0, 0.05) is 5.92 Å². The van der Waals surface area contributed by atoms with E-state index in [0.29, 0.717) is 5.56 Å². The van der Waals surface area contributed by atoms with Crippen molar-refractivity contribution in [1.29, 1.82) is 5.26 Å². The van der Waals surface area contributed by atoms with E-state index in [4.69, 9.17) is 23.2 Å². The molecule has 3 rings (SSSR count). The van der Waals surface area contributed by atoms with Gasteiger partial charge in [0.05, 0.1) is 12.1 Å². The number of rotatable bonds is 5. The number of carbonyl (C=O) groups excluding carboxylic acids is 1. The maximum absolute atomic E-state index is 13.3. The first-order valence-electron chi connectivity index (χ1n) is 9.18. The zero-order chi connectivity index (χ0) is 22.4. The van der Waals surface area contributed by atoms with E-state index in [-0.39, 0.29) is 33.6 Å². The normalized spacial score (nSPS) is 19.1. The highest BCUT2D eigenvalue weighted by atomic mass is 35.5. The molecule has 2 unspecified atom stereocenters. The van der Waals surface area contributed by atoms with Crippen molar-refractivity contribution in [3.63, 3.8) is 0 Å². The summed E-state index contributed by atoms with van der Waals surface area (Å²) in [6.45, 7) is 5.09. The van der Waals surface area contributed by atoms with Crippen molar-refractivity contribution in [1.82, 2.24) is 4.57 Å². The average molecular weight is 449 g/mol. The summed E-state index contributed by atoms with van der Waals surface area (Å²) in [7, 11) is 0. The maximum atomic E-state index is 13.3. The van der Waals surface area contributed by atoms with E-state index < -0.39 is 34.4 Å². The zero-order valence-corrected chi connectivity index (χ0v) is 18.1. The van der Waals surface area contributed by atoms with Crippen LogP contribution in [0, 0.1) is 41.3 Å². The lowest BCUT2D eigenvalue weighted by Crippen LogP contribution is -2.27. The van der Waals surface area contributed by atoms with Gasteiger partial charge >= 0.3 is 0 Å². The van der Waals surface area contributed by atoms with Crippen LogP contribution in [0.15, 0.2) is 39.6 Å². The Bertz CT molecular complexity index is 1160. The fraction of sp³-hybridized carbons (Fsp3) is 0.318. The molecule has 0 saturated heterocycles. The fourth-order valence-electron chi connectivity index (χ4n) is 3.95. The molecule has 8 heteroatoms. The Morgan fingerprint density at radius 2 is 1.93 bits per heavy atom. The first-order chi connectivity index (χ1) is 14.0. The molecule has 0 amide bonds. The molecule has 1 aliphatic carbocycles. The van der Waals surface area contributed by atoms with Crippen molar-refractivity contribution in [3.05, 3.63) is 73.3 Å². The SMILES string of the molecule is Cc1c(C(=O)C2C(C=C(Cl)Cl)C2(C)C)c(O)n(Cc2ccc(F)cc2)c(=O)c1C#N. The molecule has 1 aromatic heterocycles. The van der Waals surface area contributed by atoms with Gasteiger partial charge in [0.25, 0.3) is 5.56 Å². The Labute approximate surface area is 183 Å². The summed E-state index contributed by atoms with van der Waals surface area (Å²) in [4.78, 5) is 26.1. The van der Waals surface area contributed by atoms with Crippen molar-refractivity contribution >= 4 is 29.0 Å². The molecular weight excluding hydrogens is 430 g/mol. The molecule has 1 saturated carbocycles. The van der Waals surface area contributed by atoms with Gasteiger partial charge in [-0.05, 0) is 47.6 Å². The molecule has 30 heavy (non-hydrogen) atoms. The topological polar surface area (TPSA) is 83.1 Å². The van der Waals surface area contributed by atoms with E-state index in [9.17, 15) is 24.3 Å². The first-order valence-corrected chi connectivity index (χ1v) is 9.94. The summed E-state index contributed by atoms with van der Waals surface area (Å²) in [5, 5.41) is 20.4. The average Bonchev–Trinajstić information content (AvgIpc) is 3.19. The van der Waals surface area contributed by atoms with Crippen LogP contribution in [-0.4, -0.2) is 15.5 Å². The highest BCUT2D eigenvalue weighted by molar-refractivity contribution is 6.55. The minimum Gasteiger partial charge on any atom is -0.494 e. The van der Waals surface area contributed by atoms with Crippen LogP contribution in [-0.2, 0) is 6.54 Å². The molecule has 1 N–H and O–H groups in total. The van der Waals surface area contributed by atoms with Crippen LogP contribution in [0.1, 0.15) is 40.9 Å². The molecule has 1 fully saturated rings. The van der Waals surface area contributed by atoms with Gasteiger partial charge in [-0.15, -0.1) is 0 Å². The van der Waals surface area contributed by atoms with Gasteiger partial charge in [-0.1, -0.05) is 49.2 Å². The monoisotopic (exact) mass is 448 g/mol. The Kier molecular flexibility index (Phi) is 5.81. The number of halogens is 3.